The number of hydrogen-bond acceptors (Lipinski definition) is 4. The fourth-order valence-electron chi connectivity index (χ4n) is 1.88. The zero-order valence-corrected chi connectivity index (χ0v) is 9.52. The molecular formula is C10H19NO2S. The Bertz CT molecular complexity index is 170. The van der Waals surface area contributed by atoms with E-state index in [4.69, 9.17) is 9.47 Å². The summed E-state index contributed by atoms with van der Waals surface area (Å²) < 4.78 is 10.6. The van der Waals surface area contributed by atoms with Gasteiger partial charge in [0, 0.05) is 24.3 Å². The summed E-state index contributed by atoms with van der Waals surface area (Å²) in [6.45, 7) is 3.78. The molecule has 0 amide bonds. The van der Waals surface area contributed by atoms with Gasteiger partial charge in [0.05, 0.1) is 25.1 Å². The van der Waals surface area contributed by atoms with Crippen molar-refractivity contribution < 1.29 is 9.47 Å². The maximum Gasteiger partial charge on any atom is 0.0607 e. The summed E-state index contributed by atoms with van der Waals surface area (Å²) in [6, 6.07) is 0.614. The van der Waals surface area contributed by atoms with E-state index in [1.807, 2.05) is 11.8 Å². The zero-order chi connectivity index (χ0) is 9.80. The maximum atomic E-state index is 5.41. The predicted molar refractivity (Wildman–Crippen MR) is 58.8 cm³/mol. The standard InChI is InChI=1S/C10H19NO2S/c1-11-10(8-2-3-12-4-8)7-14-9-5-13-6-9/h8-11H,2-7H2,1H3. The number of thioether (sulfide) groups is 1. The zero-order valence-electron chi connectivity index (χ0n) is 8.70. The van der Waals surface area contributed by atoms with E-state index in [0.717, 1.165) is 31.7 Å². The average molecular weight is 217 g/mol. The topological polar surface area (TPSA) is 30.5 Å². The summed E-state index contributed by atoms with van der Waals surface area (Å²) in [5.41, 5.74) is 0. The highest BCUT2D eigenvalue weighted by atomic mass is 32.2. The van der Waals surface area contributed by atoms with Crippen LogP contribution < -0.4 is 5.32 Å². The molecule has 2 fully saturated rings. The van der Waals surface area contributed by atoms with Crippen LogP contribution in [0.1, 0.15) is 6.42 Å². The Hall–Kier alpha value is 0.230. The quantitative estimate of drug-likeness (QED) is 0.736. The molecule has 3 nitrogen and oxygen atoms in total. The number of nitrogens with one attached hydrogen (secondary N) is 1. The summed E-state index contributed by atoms with van der Waals surface area (Å²) in [5.74, 6) is 1.91. The van der Waals surface area contributed by atoms with Crippen LogP contribution in [0.4, 0.5) is 0 Å². The summed E-state index contributed by atoms with van der Waals surface area (Å²) in [7, 11) is 2.06. The second-order valence-corrected chi connectivity index (χ2v) is 5.34. The highest BCUT2D eigenvalue weighted by molar-refractivity contribution is 8.00. The molecule has 14 heavy (non-hydrogen) atoms. The van der Waals surface area contributed by atoms with Gasteiger partial charge in [0.2, 0.25) is 0 Å². The van der Waals surface area contributed by atoms with Crippen LogP contribution in [0.5, 0.6) is 0 Å². The van der Waals surface area contributed by atoms with Gasteiger partial charge < -0.3 is 14.8 Å². The summed E-state index contributed by atoms with van der Waals surface area (Å²) in [6.07, 6.45) is 1.22. The van der Waals surface area contributed by atoms with Crippen molar-refractivity contribution in [3.63, 3.8) is 0 Å². The van der Waals surface area contributed by atoms with E-state index in [9.17, 15) is 0 Å². The van der Waals surface area contributed by atoms with Crippen molar-refractivity contribution in [1.82, 2.24) is 5.32 Å². The largest absolute Gasteiger partial charge is 0.381 e. The Labute approximate surface area is 89.9 Å². The Balaban J connectivity index is 1.68. The van der Waals surface area contributed by atoms with Crippen LogP contribution in [0, 0.1) is 5.92 Å². The molecule has 2 rings (SSSR count). The van der Waals surface area contributed by atoms with Crippen LogP contribution in [-0.4, -0.2) is 50.5 Å². The van der Waals surface area contributed by atoms with Crippen LogP contribution in [0.15, 0.2) is 0 Å². The van der Waals surface area contributed by atoms with Crippen LogP contribution in [-0.2, 0) is 9.47 Å². The first-order valence-corrected chi connectivity index (χ1v) is 6.39. The van der Waals surface area contributed by atoms with Crippen molar-refractivity contribution in [3.05, 3.63) is 0 Å². The molecule has 0 aromatic carbocycles. The lowest BCUT2D eigenvalue weighted by Crippen LogP contribution is -2.39. The SMILES string of the molecule is CNC(CSC1COC1)C1CCOC1. The number of hydrogen-bond donors (Lipinski definition) is 1. The molecule has 0 radical (unpaired) electrons. The summed E-state index contributed by atoms with van der Waals surface area (Å²) in [5, 5.41) is 4.15. The molecule has 0 aromatic heterocycles. The Morgan fingerprint density at radius 1 is 1.36 bits per heavy atom. The van der Waals surface area contributed by atoms with Gasteiger partial charge in [0.15, 0.2) is 0 Å². The van der Waals surface area contributed by atoms with E-state index in [1.54, 1.807) is 0 Å². The van der Waals surface area contributed by atoms with Crippen molar-refractivity contribution >= 4 is 11.8 Å². The van der Waals surface area contributed by atoms with Crippen LogP contribution in [0.25, 0.3) is 0 Å². The van der Waals surface area contributed by atoms with Crippen molar-refractivity contribution in [2.24, 2.45) is 5.92 Å². The van der Waals surface area contributed by atoms with Gasteiger partial charge in [-0.3, -0.25) is 0 Å². The molecule has 2 saturated heterocycles. The second kappa shape index (κ2) is 5.35. The van der Waals surface area contributed by atoms with Crippen LogP contribution in [0.3, 0.4) is 0 Å². The van der Waals surface area contributed by atoms with Gasteiger partial charge in [-0.2, -0.15) is 11.8 Å². The molecule has 2 heterocycles. The summed E-state index contributed by atoms with van der Waals surface area (Å²) in [4.78, 5) is 0. The van der Waals surface area contributed by atoms with Crippen molar-refractivity contribution in [1.29, 1.82) is 0 Å². The number of ether oxygens (including phenoxy) is 2. The third-order valence-corrected chi connectivity index (χ3v) is 4.32. The van der Waals surface area contributed by atoms with E-state index >= 15 is 0 Å². The lowest BCUT2D eigenvalue weighted by atomic mass is 10.0. The molecule has 0 bridgehead atoms. The minimum atomic E-state index is 0.614. The van der Waals surface area contributed by atoms with Crippen molar-refractivity contribution in [3.8, 4) is 0 Å². The molecule has 4 heteroatoms. The molecule has 0 aromatic rings. The van der Waals surface area contributed by atoms with E-state index in [1.165, 1.54) is 12.2 Å². The first-order chi connectivity index (χ1) is 6.90. The van der Waals surface area contributed by atoms with Crippen LogP contribution in [0.2, 0.25) is 0 Å². The average Bonchev–Trinajstić information content (AvgIpc) is 2.62. The molecule has 0 spiro atoms. The molecule has 0 saturated carbocycles. The highest BCUT2D eigenvalue weighted by Gasteiger charge is 2.27. The third kappa shape index (κ3) is 2.63. The second-order valence-electron chi connectivity index (χ2n) is 4.01. The highest BCUT2D eigenvalue weighted by Crippen LogP contribution is 2.24. The van der Waals surface area contributed by atoms with Gasteiger partial charge >= 0.3 is 0 Å². The molecule has 2 unspecified atom stereocenters. The molecule has 82 valence electrons. The monoisotopic (exact) mass is 217 g/mol. The maximum absolute atomic E-state index is 5.41. The Morgan fingerprint density at radius 3 is 2.71 bits per heavy atom. The van der Waals surface area contributed by atoms with Crippen LogP contribution >= 0.6 is 11.8 Å². The molecular weight excluding hydrogens is 198 g/mol. The van der Waals surface area contributed by atoms with Gasteiger partial charge in [0.25, 0.3) is 0 Å². The van der Waals surface area contributed by atoms with E-state index in [0.29, 0.717) is 12.0 Å². The van der Waals surface area contributed by atoms with Gasteiger partial charge in [-0.25, -0.2) is 0 Å². The normalized spacial score (nSPS) is 30.2. The first-order valence-electron chi connectivity index (χ1n) is 5.34. The van der Waals surface area contributed by atoms with Crippen molar-refractivity contribution in [2.45, 2.75) is 17.7 Å². The van der Waals surface area contributed by atoms with Gasteiger partial charge in [-0.1, -0.05) is 0 Å². The van der Waals surface area contributed by atoms with Crippen molar-refractivity contribution in [2.75, 3.05) is 39.2 Å². The molecule has 0 aliphatic carbocycles. The minimum Gasteiger partial charge on any atom is -0.381 e. The Kier molecular flexibility index (Phi) is 4.10. The summed E-state index contributed by atoms with van der Waals surface area (Å²) >= 11 is 2.04. The number of rotatable bonds is 5. The minimum absolute atomic E-state index is 0.614. The molecule has 1 N–H and O–H groups in total. The van der Waals surface area contributed by atoms with Gasteiger partial charge in [-0.15, -0.1) is 0 Å². The van der Waals surface area contributed by atoms with Gasteiger partial charge in [0.1, 0.15) is 0 Å². The Morgan fingerprint density at radius 2 is 2.21 bits per heavy atom. The molecule has 2 aliphatic heterocycles. The van der Waals surface area contributed by atoms with E-state index in [2.05, 4.69) is 12.4 Å². The lowest BCUT2D eigenvalue weighted by molar-refractivity contribution is 0.0454. The first kappa shape index (κ1) is 10.7. The smallest absolute Gasteiger partial charge is 0.0607 e. The fourth-order valence-corrected chi connectivity index (χ4v) is 3.18. The molecule has 2 aliphatic rings. The van der Waals surface area contributed by atoms with E-state index < -0.39 is 0 Å². The lowest BCUT2D eigenvalue weighted by Gasteiger charge is -2.28. The molecule has 2 atom stereocenters. The van der Waals surface area contributed by atoms with E-state index in [-0.39, 0.29) is 0 Å². The third-order valence-electron chi connectivity index (χ3n) is 3.02. The van der Waals surface area contributed by atoms with Gasteiger partial charge in [-0.05, 0) is 13.5 Å². The predicted octanol–water partition coefficient (Wildman–Crippen LogP) is 0.743. The fraction of sp³-hybridized carbons (Fsp3) is 1.00.